The highest BCUT2D eigenvalue weighted by molar-refractivity contribution is 6.08. The number of unbranched alkanes of at least 4 members (excludes halogenated alkanes) is 2. The second-order valence-corrected chi connectivity index (χ2v) is 9.70. The lowest BCUT2D eigenvalue weighted by Gasteiger charge is -2.31. The van der Waals surface area contributed by atoms with E-state index in [1.54, 1.807) is 30.3 Å². The van der Waals surface area contributed by atoms with Gasteiger partial charge in [0.15, 0.2) is 0 Å². The van der Waals surface area contributed by atoms with Gasteiger partial charge in [-0.1, -0.05) is 38.8 Å². The molecular weight excluding hydrogens is 506 g/mol. The number of carbonyl (C=O) groups excluding carboxylic acids is 2. The number of morpholine rings is 1. The predicted octanol–water partition coefficient (Wildman–Crippen LogP) is 6.39. The van der Waals surface area contributed by atoms with E-state index in [1.165, 1.54) is 0 Å². The van der Waals surface area contributed by atoms with Gasteiger partial charge in [-0.25, -0.2) is 0 Å². The van der Waals surface area contributed by atoms with Crippen molar-refractivity contribution in [3.05, 3.63) is 77.9 Å². The van der Waals surface area contributed by atoms with Crippen molar-refractivity contribution < 1.29 is 23.8 Å². The van der Waals surface area contributed by atoms with E-state index in [1.807, 2.05) is 36.4 Å². The summed E-state index contributed by atoms with van der Waals surface area (Å²) in [7, 11) is 0. The first-order valence-electron chi connectivity index (χ1n) is 14.1. The van der Waals surface area contributed by atoms with Crippen LogP contribution in [0, 0.1) is 0 Å². The van der Waals surface area contributed by atoms with Gasteiger partial charge < -0.3 is 29.7 Å². The highest BCUT2D eigenvalue weighted by Crippen LogP contribution is 2.31. The topological polar surface area (TPSA) is 89.1 Å². The van der Waals surface area contributed by atoms with Gasteiger partial charge >= 0.3 is 0 Å². The van der Waals surface area contributed by atoms with Crippen molar-refractivity contribution in [2.45, 2.75) is 39.5 Å². The normalized spacial score (nSPS) is 13.0. The van der Waals surface area contributed by atoms with Gasteiger partial charge in [-0.2, -0.15) is 0 Å². The fourth-order valence-electron chi connectivity index (χ4n) is 4.31. The zero-order valence-electron chi connectivity index (χ0n) is 23.4. The zero-order valence-corrected chi connectivity index (χ0v) is 23.4. The number of nitrogens with one attached hydrogen (secondary N) is 2. The lowest BCUT2D eigenvalue weighted by atomic mass is 10.1. The molecule has 8 nitrogen and oxygen atoms in total. The second-order valence-electron chi connectivity index (χ2n) is 9.70. The molecule has 8 heteroatoms. The van der Waals surface area contributed by atoms with E-state index >= 15 is 0 Å². The lowest BCUT2D eigenvalue weighted by molar-refractivity contribution is 0.101. The predicted molar refractivity (Wildman–Crippen MR) is 159 cm³/mol. The van der Waals surface area contributed by atoms with Gasteiger partial charge in [0.05, 0.1) is 37.8 Å². The average Bonchev–Trinajstić information content (AvgIpc) is 2.98. The number of benzene rings is 3. The van der Waals surface area contributed by atoms with Crippen LogP contribution in [-0.4, -0.2) is 51.3 Å². The van der Waals surface area contributed by atoms with Crippen LogP contribution in [0.25, 0.3) is 0 Å². The Morgan fingerprint density at radius 1 is 0.775 bits per heavy atom. The van der Waals surface area contributed by atoms with Gasteiger partial charge in [0, 0.05) is 29.9 Å². The number of amides is 2. The first kappa shape index (κ1) is 29.0. The Kier molecular flexibility index (Phi) is 10.8. The maximum absolute atomic E-state index is 13.3. The molecule has 3 aromatic rings. The third kappa shape index (κ3) is 8.23. The number of carbonyl (C=O) groups is 2. The quantitative estimate of drug-likeness (QED) is 0.242. The van der Waals surface area contributed by atoms with E-state index in [0.717, 1.165) is 31.4 Å². The van der Waals surface area contributed by atoms with Crippen LogP contribution in [0.15, 0.2) is 66.7 Å². The van der Waals surface area contributed by atoms with Crippen LogP contribution in [0.3, 0.4) is 0 Å². The van der Waals surface area contributed by atoms with Crippen LogP contribution >= 0.6 is 0 Å². The second kappa shape index (κ2) is 14.9. The number of hydrogen-bond acceptors (Lipinski definition) is 6. The van der Waals surface area contributed by atoms with E-state index in [2.05, 4.69) is 29.4 Å². The van der Waals surface area contributed by atoms with Crippen molar-refractivity contribution >= 4 is 28.9 Å². The molecule has 2 N–H and O–H groups in total. The highest BCUT2D eigenvalue weighted by atomic mass is 16.5. The van der Waals surface area contributed by atoms with Crippen LogP contribution in [0.1, 0.15) is 60.2 Å². The molecule has 0 bridgehead atoms. The van der Waals surface area contributed by atoms with Gasteiger partial charge in [-0.05, 0) is 67.4 Å². The van der Waals surface area contributed by atoms with Crippen LogP contribution in [0.5, 0.6) is 11.5 Å². The molecule has 212 valence electrons. The number of ether oxygens (including phenoxy) is 3. The molecule has 1 aliphatic heterocycles. The molecule has 0 radical (unpaired) electrons. The molecule has 0 unspecified atom stereocenters. The van der Waals surface area contributed by atoms with E-state index in [0.29, 0.717) is 73.5 Å². The minimum atomic E-state index is -0.255. The molecule has 0 aromatic heterocycles. The van der Waals surface area contributed by atoms with Crippen LogP contribution in [-0.2, 0) is 4.74 Å². The summed E-state index contributed by atoms with van der Waals surface area (Å²) in [5.74, 6) is 0.819. The molecule has 1 saturated heterocycles. The van der Waals surface area contributed by atoms with Gasteiger partial charge in [-0.15, -0.1) is 0 Å². The molecule has 4 rings (SSSR count). The van der Waals surface area contributed by atoms with E-state index in [9.17, 15) is 9.59 Å². The first-order chi connectivity index (χ1) is 19.6. The van der Waals surface area contributed by atoms with Gasteiger partial charge in [0.1, 0.15) is 11.5 Å². The van der Waals surface area contributed by atoms with Crippen LogP contribution < -0.4 is 25.0 Å². The fraction of sp³-hybridized carbons (Fsp3) is 0.375. The molecule has 1 heterocycles. The summed E-state index contributed by atoms with van der Waals surface area (Å²) in [6, 6.07) is 19.9. The van der Waals surface area contributed by atoms with Crippen molar-refractivity contribution in [1.82, 2.24) is 0 Å². The minimum Gasteiger partial charge on any atom is -0.494 e. The Bertz CT molecular complexity index is 1270. The number of rotatable bonds is 13. The Labute approximate surface area is 236 Å². The Morgan fingerprint density at radius 3 is 1.93 bits per heavy atom. The molecule has 3 aromatic carbocycles. The summed E-state index contributed by atoms with van der Waals surface area (Å²) in [6.07, 6.45) is 3.98. The number of anilines is 3. The maximum Gasteiger partial charge on any atom is 0.255 e. The molecule has 40 heavy (non-hydrogen) atoms. The molecule has 2 amide bonds. The Hall–Kier alpha value is -4.04. The van der Waals surface area contributed by atoms with Crippen molar-refractivity contribution in [3.8, 4) is 11.5 Å². The molecule has 1 aliphatic rings. The molecule has 1 fully saturated rings. The molecule has 0 aliphatic carbocycles. The summed E-state index contributed by atoms with van der Waals surface area (Å²) >= 11 is 0. The van der Waals surface area contributed by atoms with Crippen molar-refractivity contribution in [3.63, 3.8) is 0 Å². The fourth-order valence-corrected chi connectivity index (χ4v) is 4.31. The lowest BCUT2D eigenvalue weighted by Crippen LogP contribution is -2.36. The standard InChI is InChI=1S/C32H39N3O5/c1-3-5-17-39-27-11-7-9-24(21-27)31(36)33-26-13-14-30(35-15-19-38-20-16-35)29(23-26)34-32(37)25-10-8-12-28(22-25)40-18-6-4-2/h7-14,21-23H,3-6,15-20H2,1-2H3,(H,33,36)(H,34,37). The largest absolute Gasteiger partial charge is 0.494 e. The number of hydrogen-bond donors (Lipinski definition) is 2. The number of nitrogens with zero attached hydrogens (tertiary/aromatic N) is 1. The van der Waals surface area contributed by atoms with Gasteiger partial charge in [0.2, 0.25) is 0 Å². The summed E-state index contributed by atoms with van der Waals surface area (Å²) in [4.78, 5) is 28.6. The minimum absolute atomic E-state index is 0.254. The van der Waals surface area contributed by atoms with Gasteiger partial charge in [-0.3, -0.25) is 9.59 Å². The SMILES string of the molecule is CCCCOc1cccc(C(=O)Nc2ccc(N3CCOCC3)c(NC(=O)c3cccc(OCCCC)c3)c2)c1. The van der Waals surface area contributed by atoms with Crippen molar-refractivity contribution in [1.29, 1.82) is 0 Å². The van der Waals surface area contributed by atoms with E-state index in [4.69, 9.17) is 14.2 Å². The average molecular weight is 546 g/mol. The molecule has 0 atom stereocenters. The van der Waals surface area contributed by atoms with Crippen LogP contribution in [0.2, 0.25) is 0 Å². The smallest absolute Gasteiger partial charge is 0.255 e. The van der Waals surface area contributed by atoms with Crippen molar-refractivity contribution in [2.24, 2.45) is 0 Å². The Morgan fingerprint density at radius 2 is 1.35 bits per heavy atom. The Balaban J connectivity index is 1.52. The van der Waals surface area contributed by atoms with E-state index < -0.39 is 0 Å². The summed E-state index contributed by atoms with van der Waals surface area (Å²) in [6.45, 7) is 8.07. The summed E-state index contributed by atoms with van der Waals surface area (Å²) < 4.78 is 17.1. The van der Waals surface area contributed by atoms with Crippen LogP contribution in [0.4, 0.5) is 17.1 Å². The summed E-state index contributed by atoms with van der Waals surface area (Å²) in [5.41, 5.74) is 3.05. The van der Waals surface area contributed by atoms with Crippen molar-refractivity contribution in [2.75, 3.05) is 55.1 Å². The third-order valence-electron chi connectivity index (χ3n) is 6.58. The monoisotopic (exact) mass is 545 g/mol. The molecule has 0 spiro atoms. The zero-order chi connectivity index (χ0) is 28.2. The molecule has 0 saturated carbocycles. The van der Waals surface area contributed by atoms with Gasteiger partial charge in [0.25, 0.3) is 11.8 Å². The molecular formula is C32H39N3O5. The third-order valence-corrected chi connectivity index (χ3v) is 6.58. The van der Waals surface area contributed by atoms with E-state index in [-0.39, 0.29) is 11.8 Å². The highest BCUT2D eigenvalue weighted by Gasteiger charge is 2.19. The first-order valence-corrected chi connectivity index (χ1v) is 14.1. The maximum atomic E-state index is 13.3. The summed E-state index contributed by atoms with van der Waals surface area (Å²) in [5, 5.41) is 6.03.